The van der Waals surface area contributed by atoms with Crippen molar-refractivity contribution >= 4 is 21.4 Å². The Balaban J connectivity index is 1.70. The van der Waals surface area contributed by atoms with E-state index in [1.165, 1.54) is 0 Å². The summed E-state index contributed by atoms with van der Waals surface area (Å²) in [6.07, 6.45) is 1.04. The van der Waals surface area contributed by atoms with Crippen molar-refractivity contribution < 1.29 is 17.9 Å². The summed E-state index contributed by atoms with van der Waals surface area (Å²) in [6.45, 7) is 4.39. The highest BCUT2D eigenvalue weighted by Crippen LogP contribution is 2.17. The van der Waals surface area contributed by atoms with Gasteiger partial charge in [0.15, 0.2) is 9.84 Å². The molecule has 2 rings (SSSR count). The third-order valence-electron chi connectivity index (χ3n) is 3.53. The standard InChI is InChI=1S/C16H24N2O4S/c1-12(2)22-15-5-3-13(4-6-15)18-16(19)7-9-17-14-8-10-23(20,21)11-14/h3-6,12,14,17H,7-11H2,1-2H3,(H,18,19). The molecule has 1 fully saturated rings. The maximum atomic E-state index is 11.9. The minimum absolute atomic E-state index is 0.0275. The van der Waals surface area contributed by atoms with Gasteiger partial charge in [-0.25, -0.2) is 8.42 Å². The fourth-order valence-electron chi connectivity index (χ4n) is 2.46. The van der Waals surface area contributed by atoms with Crippen molar-refractivity contribution in [2.24, 2.45) is 0 Å². The van der Waals surface area contributed by atoms with Gasteiger partial charge >= 0.3 is 0 Å². The molecule has 1 unspecified atom stereocenters. The number of benzene rings is 1. The van der Waals surface area contributed by atoms with E-state index >= 15 is 0 Å². The smallest absolute Gasteiger partial charge is 0.225 e. The Hall–Kier alpha value is -1.60. The zero-order chi connectivity index (χ0) is 16.9. The van der Waals surface area contributed by atoms with E-state index in [4.69, 9.17) is 4.74 Å². The Morgan fingerprint density at radius 3 is 2.57 bits per heavy atom. The van der Waals surface area contributed by atoms with Crippen LogP contribution in [-0.4, -0.2) is 44.5 Å². The second-order valence-electron chi connectivity index (χ2n) is 6.04. The molecule has 0 saturated carbocycles. The molecule has 128 valence electrons. The van der Waals surface area contributed by atoms with Gasteiger partial charge in [-0.3, -0.25) is 4.79 Å². The average Bonchev–Trinajstić information content (AvgIpc) is 2.80. The summed E-state index contributed by atoms with van der Waals surface area (Å²) < 4.78 is 28.2. The molecule has 0 bridgehead atoms. The maximum Gasteiger partial charge on any atom is 0.225 e. The maximum absolute atomic E-state index is 11.9. The van der Waals surface area contributed by atoms with E-state index in [0.717, 1.165) is 11.4 Å². The second kappa shape index (κ2) is 7.79. The van der Waals surface area contributed by atoms with E-state index in [0.29, 0.717) is 19.4 Å². The molecule has 2 N–H and O–H groups in total. The van der Waals surface area contributed by atoms with Crippen LogP contribution < -0.4 is 15.4 Å². The number of anilines is 1. The second-order valence-corrected chi connectivity index (χ2v) is 8.27. The number of hydrogen-bond donors (Lipinski definition) is 2. The quantitative estimate of drug-likeness (QED) is 0.787. The van der Waals surface area contributed by atoms with Gasteiger partial charge in [-0.2, -0.15) is 0 Å². The van der Waals surface area contributed by atoms with Crippen molar-refractivity contribution in [3.63, 3.8) is 0 Å². The molecule has 0 spiro atoms. The summed E-state index contributed by atoms with van der Waals surface area (Å²) >= 11 is 0. The molecule has 0 aromatic heterocycles. The van der Waals surface area contributed by atoms with Crippen molar-refractivity contribution in [1.29, 1.82) is 0 Å². The van der Waals surface area contributed by atoms with Crippen molar-refractivity contribution in [3.8, 4) is 5.75 Å². The Morgan fingerprint density at radius 1 is 1.30 bits per heavy atom. The molecule has 1 aromatic rings. The Bertz CT molecular complexity index is 626. The number of carbonyl (C=O) groups is 1. The van der Waals surface area contributed by atoms with E-state index in [9.17, 15) is 13.2 Å². The monoisotopic (exact) mass is 340 g/mol. The lowest BCUT2D eigenvalue weighted by molar-refractivity contribution is -0.116. The van der Waals surface area contributed by atoms with Crippen LogP contribution in [0, 0.1) is 0 Å². The predicted molar refractivity (Wildman–Crippen MR) is 90.5 cm³/mol. The first-order valence-electron chi connectivity index (χ1n) is 7.84. The van der Waals surface area contributed by atoms with Gasteiger partial charge in [0, 0.05) is 24.7 Å². The Kier molecular flexibility index (Phi) is 6.01. The first-order valence-corrected chi connectivity index (χ1v) is 9.66. The van der Waals surface area contributed by atoms with Crippen LogP contribution in [0.3, 0.4) is 0 Å². The molecular formula is C16H24N2O4S. The molecule has 1 aliphatic heterocycles. The summed E-state index contributed by atoms with van der Waals surface area (Å²) in [5.74, 6) is 1.08. The van der Waals surface area contributed by atoms with Crippen molar-refractivity contribution in [2.75, 3.05) is 23.4 Å². The van der Waals surface area contributed by atoms with Gasteiger partial charge in [0.25, 0.3) is 0 Å². The highest BCUT2D eigenvalue weighted by Gasteiger charge is 2.27. The number of hydrogen-bond acceptors (Lipinski definition) is 5. The largest absolute Gasteiger partial charge is 0.491 e. The Labute approximate surface area is 137 Å². The minimum Gasteiger partial charge on any atom is -0.491 e. The summed E-state index contributed by atoms with van der Waals surface area (Å²) in [7, 11) is -2.88. The predicted octanol–water partition coefficient (Wildman–Crippen LogP) is 1.58. The molecule has 7 heteroatoms. The molecule has 1 aromatic carbocycles. The average molecular weight is 340 g/mol. The minimum atomic E-state index is -2.88. The van der Waals surface area contributed by atoms with Crippen LogP contribution in [0.2, 0.25) is 0 Å². The van der Waals surface area contributed by atoms with Crippen LogP contribution >= 0.6 is 0 Å². The number of rotatable bonds is 7. The third-order valence-corrected chi connectivity index (χ3v) is 5.30. The van der Waals surface area contributed by atoms with Crippen LogP contribution in [0.5, 0.6) is 5.75 Å². The van der Waals surface area contributed by atoms with E-state index in [-0.39, 0.29) is 29.6 Å². The molecule has 23 heavy (non-hydrogen) atoms. The summed E-state index contributed by atoms with van der Waals surface area (Å²) in [6, 6.07) is 7.20. The summed E-state index contributed by atoms with van der Waals surface area (Å²) in [5, 5.41) is 5.94. The molecule has 1 saturated heterocycles. The lowest BCUT2D eigenvalue weighted by Gasteiger charge is -2.12. The lowest BCUT2D eigenvalue weighted by Crippen LogP contribution is -2.32. The van der Waals surface area contributed by atoms with Gasteiger partial charge in [0.05, 0.1) is 17.6 Å². The van der Waals surface area contributed by atoms with Crippen LogP contribution in [0.25, 0.3) is 0 Å². The normalized spacial score (nSPS) is 19.7. The molecule has 0 aliphatic carbocycles. The van der Waals surface area contributed by atoms with Gasteiger partial charge in [-0.1, -0.05) is 0 Å². The van der Waals surface area contributed by atoms with Gasteiger partial charge < -0.3 is 15.4 Å². The van der Waals surface area contributed by atoms with E-state index in [1.54, 1.807) is 12.1 Å². The van der Waals surface area contributed by atoms with Crippen molar-refractivity contribution in [2.45, 2.75) is 38.8 Å². The van der Waals surface area contributed by atoms with Crippen LogP contribution in [-0.2, 0) is 14.6 Å². The van der Waals surface area contributed by atoms with Crippen LogP contribution in [0.15, 0.2) is 24.3 Å². The first-order chi connectivity index (χ1) is 10.8. The fraction of sp³-hybridized carbons (Fsp3) is 0.562. The SMILES string of the molecule is CC(C)Oc1ccc(NC(=O)CCNC2CCS(=O)(=O)C2)cc1. The van der Waals surface area contributed by atoms with E-state index < -0.39 is 9.84 Å². The van der Waals surface area contributed by atoms with Gasteiger partial charge in [-0.15, -0.1) is 0 Å². The number of carbonyl (C=O) groups excluding carboxylic acids is 1. The van der Waals surface area contributed by atoms with Gasteiger partial charge in [0.1, 0.15) is 5.75 Å². The third kappa shape index (κ3) is 6.19. The highest BCUT2D eigenvalue weighted by molar-refractivity contribution is 7.91. The van der Waals surface area contributed by atoms with Gasteiger partial charge in [-0.05, 0) is 44.5 Å². The van der Waals surface area contributed by atoms with E-state index in [2.05, 4.69) is 10.6 Å². The number of sulfone groups is 1. The first kappa shape index (κ1) is 17.7. The topological polar surface area (TPSA) is 84.5 Å². The number of nitrogens with one attached hydrogen (secondary N) is 2. The summed E-state index contributed by atoms with van der Waals surface area (Å²) in [4.78, 5) is 11.9. The molecular weight excluding hydrogens is 316 g/mol. The molecule has 1 amide bonds. The molecule has 0 radical (unpaired) electrons. The fourth-order valence-corrected chi connectivity index (χ4v) is 4.17. The Morgan fingerprint density at radius 2 is 2.00 bits per heavy atom. The number of amides is 1. The molecule has 6 nitrogen and oxygen atoms in total. The van der Waals surface area contributed by atoms with Crippen LogP contribution in [0.1, 0.15) is 26.7 Å². The van der Waals surface area contributed by atoms with Crippen molar-refractivity contribution in [3.05, 3.63) is 24.3 Å². The molecule has 1 atom stereocenters. The van der Waals surface area contributed by atoms with Gasteiger partial charge in [0.2, 0.25) is 5.91 Å². The zero-order valence-electron chi connectivity index (χ0n) is 13.5. The zero-order valence-corrected chi connectivity index (χ0v) is 14.4. The highest BCUT2D eigenvalue weighted by atomic mass is 32.2. The lowest BCUT2D eigenvalue weighted by atomic mass is 10.2. The molecule has 1 aliphatic rings. The van der Waals surface area contributed by atoms with E-state index in [1.807, 2.05) is 26.0 Å². The summed E-state index contributed by atoms with van der Waals surface area (Å²) in [5.41, 5.74) is 0.717. The van der Waals surface area contributed by atoms with Crippen molar-refractivity contribution in [1.82, 2.24) is 5.32 Å². The van der Waals surface area contributed by atoms with Crippen LogP contribution in [0.4, 0.5) is 5.69 Å². The number of ether oxygens (including phenoxy) is 1. The molecule has 1 heterocycles.